The Morgan fingerprint density at radius 3 is 2.53 bits per heavy atom. The first-order chi connectivity index (χ1) is 14.6. The lowest BCUT2D eigenvalue weighted by Gasteiger charge is -2.29. The maximum atomic E-state index is 12.8. The van der Waals surface area contributed by atoms with Crippen LogP contribution in [0.15, 0.2) is 48.5 Å². The van der Waals surface area contributed by atoms with Crippen molar-refractivity contribution in [3.63, 3.8) is 0 Å². The van der Waals surface area contributed by atoms with Crippen LogP contribution in [0.2, 0.25) is 0 Å². The average molecular weight is 403 g/mol. The van der Waals surface area contributed by atoms with Gasteiger partial charge in [-0.05, 0) is 54.7 Å². The fraction of sp³-hybridized carbons (Fsp3) is 0.375. The molecule has 1 saturated carbocycles. The SMILES string of the molecule is O=C(Nc1ccc2c(c1)CN(C(=O)C1CC1)CC2)C1CC(=O)N(c2ccccc2)C1. The van der Waals surface area contributed by atoms with Crippen LogP contribution in [0.3, 0.4) is 0 Å². The van der Waals surface area contributed by atoms with Gasteiger partial charge in [0.15, 0.2) is 0 Å². The number of rotatable bonds is 4. The van der Waals surface area contributed by atoms with Crippen LogP contribution in [0.25, 0.3) is 0 Å². The molecule has 2 heterocycles. The summed E-state index contributed by atoms with van der Waals surface area (Å²) in [6.45, 7) is 1.77. The van der Waals surface area contributed by atoms with Crippen molar-refractivity contribution in [1.29, 1.82) is 0 Å². The molecular formula is C24H25N3O3. The van der Waals surface area contributed by atoms with Crippen LogP contribution in [-0.2, 0) is 27.3 Å². The van der Waals surface area contributed by atoms with E-state index in [-0.39, 0.29) is 36.0 Å². The van der Waals surface area contributed by atoms with Crippen molar-refractivity contribution in [2.24, 2.45) is 11.8 Å². The first-order valence-electron chi connectivity index (χ1n) is 10.7. The van der Waals surface area contributed by atoms with Crippen molar-refractivity contribution in [2.45, 2.75) is 32.2 Å². The largest absolute Gasteiger partial charge is 0.338 e. The molecule has 2 fully saturated rings. The zero-order valence-corrected chi connectivity index (χ0v) is 16.8. The summed E-state index contributed by atoms with van der Waals surface area (Å²) in [4.78, 5) is 41.3. The Morgan fingerprint density at radius 1 is 0.967 bits per heavy atom. The van der Waals surface area contributed by atoms with Gasteiger partial charge in [0, 0.05) is 43.3 Å². The van der Waals surface area contributed by atoms with Gasteiger partial charge in [0.25, 0.3) is 0 Å². The molecule has 1 aliphatic carbocycles. The number of carbonyl (C=O) groups excluding carboxylic acids is 3. The van der Waals surface area contributed by atoms with Gasteiger partial charge < -0.3 is 15.1 Å². The summed E-state index contributed by atoms with van der Waals surface area (Å²) in [7, 11) is 0. The summed E-state index contributed by atoms with van der Waals surface area (Å²) < 4.78 is 0. The lowest BCUT2D eigenvalue weighted by atomic mass is 9.98. The van der Waals surface area contributed by atoms with Crippen molar-refractivity contribution in [3.8, 4) is 0 Å². The molecule has 2 aromatic carbocycles. The molecule has 0 aromatic heterocycles. The lowest BCUT2D eigenvalue weighted by molar-refractivity contribution is -0.133. The van der Waals surface area contributed by atoms with E-state index in [1.54, 1.807) is 4.90 Å². The van der Waals surface area contributed by atoms with Gasteiger partial charge in [0.1, 0.15) is 0 Å². The van der Waals surface area contributed by atoms with Crippen LogP contribution < -0.4 is 10.2 Å². The predicted octanol–water partition coefficient (Wildman–Crippen LogP) is 2.97. The van der Waals surface area contributed by atoms with E-state index >= 15 is 0 Å². The number of nitrogens with one attached hydrogen (secondary N) is 1. The minimum atomic E-state index is -0.373. The minimum absolute atomic E-state index is 0.0268. The number of hydrogen-bond acceptors (Lipinski definition) is 3. The number of carbonyl (C=O) groups is 3. The second-order valence-corrected chi connectivity index (χ2v) is 8.50. The molecule has 1 atom stereocenters. The summed E-state index contributed by atoms with van der Waals surface area (Å²) in [5, 5.41) is 2.98. The van der Waals surface area contributed by atoms with E-state index in [2.05, 4.69) is 5.32 Å². The molecule has 0 bridgehead atoms. The van der Waals surface area contributed by atoms with E-state index in [9.17, 15) is 14.4 Å². The highest BCUT2D eigenvalue weighted by Crippen LogP contribution is 2.33. The molecule has 2 aromatic rings. The molecule has 6 heteroatoms. The first kappa shape index (κ1) is 18.9. The zero-order chi connectivity index (χ0) is 20.7. The van der Waals surface area contributed by atoms with Gasteiger partial charge in [-0.2, -0.15) is 0 Å². The molecule has 5 rings (SSSR count). The molecule has 3 aliphatic rings. The molecule has 6 nitrogen and oxygen atoms in total. The number of hydrogen-bond donors (Lipinski definition) is 1. The van der Waals surface area contributed by atoms with Gasteiger partial charge in [-0.3, -0.25) is 14.4 Å². The smallest absolute Gasteiger partial charge is 0.229 e. The Kier molecular flexibility index (Phi) is 4.77. The molecule has 30 heavy (non-hydrogen) atoms. The van der Waals surface area contributed by atoms with Gasteiger partial charge in [-0.25, -0.2) is 0 Å². The molecule has 1 N–H and O–H groups in total. The number of fused-ring (bicyclic) bond motifs is 1. The topological polar surface area (TPSA) is 69.7 Å². The summed E-state index contributed by atoms with van der Waals surface area (Å²) >= 11 is 0. The monoisotopic (exact) mass is 403 g/mol. The van der Waals surface area contributed by atoms with Crippen LogP contribution in [0, 0.1) is 11.8 Å². The van der Waals surface area contributed by atoms with E-state index in [4.69, 9.17) is 0 Å². The quantitative estimate of drug-likeness (QED) is 0.853. The average Bonchev–Trinajstić information content (AvgIpc) is 3.54. The van der Waals surface area contributed by atoms with Crippen LogP contribution in [0.1, 0.15) is 30.4 Å². The third kappa shape index (κ3) is 3.70. The zero-order valence-electron chi connectivity index (χ0n) is 16.8. The molecular weight excluding hydrogens is 378 g/mol. The van der Waals surface area contributed by atoms with Crippen LogP contribution in [0.5, 0.6) is 0 Å². The van der Waals surface area contributed by atoms with Crippen molar-refractivity contribution in [3.05, 3.63) is 59.7 Å². The van der Waals surface area contributed by atoms with Crippen LogP contribution in [-0.4, -0.2) is 35.7 Å². The van der Waals surface area contributed by atoms with E-state index in [0.29, 0.717) is 13.1 Å². The molecule has 1 saturated heterocycles. The van der Waals surface area contributed by atoms with Crippen molar-refractivity contribution in [2.75, 3.05) is 23.3 Å². The van der Waals surface area contributed by atoms with Gasteiger partial charge in [0.05, 0.1) is 5.92 Å². The summed E-state index contributed by atoms with van der Waals surface area (Å²) in [5.41, 5.74) is 3.89. The molecule has 0 radical (unpaired) electrons. The van der Waals surface area contributed by atoms with Gasteiger partial charge in [-0.15, -0.1) is 0 Å². The number of anilines is 2. The fourth-order valence-electron chi connectivity index (χ4n) is 4.40. The molecule has 0 spiro atoms. The Bertz CT molecular complexity index is 1000. The number of amides is 3. The maximum Gasteiger partial charge on any atom is 0.229 e. The van der Waals surface area contributed by atoms with Crippen LogP contribution >= 0.6 is 0 Å². The Hall–Kier alpha value is -3.15. The summed E-state index contributed by atoms with van der Waals surface area (Å²) in [5.74, 6) is -0.0476. The maximum absolute atomic E-state index is 12.8. The van der Waals surface area contributed by atoms with Crippen molar-refractivity contribution in [1.82, 2.24) is 4.90 Å². The third-order valence-electron chi connectivity index (χ3n) is 6.29. The van der Waals surface area contributed by atoms with E-state index in [0.717, 1.165) is 42.7 Å². The number of nitrogens with zero attached hydrogens (tertiary/aromatic N) is 2. The van der Waals surface area contributed by atoms with E-state index < -0.39 is 0 Å². The van der Waals surface area contributed by atoms with Crippen molar-refractivity contribution >= 4 is 29.1 Å². The first-order valence-corrected chi connectivity index (χ1v) is 10.7. The Labute approximate surface area is 175 Å². The number of para-hydroxylation sites is 1. The Balaban J connectivity index is 1.25. The lowest BCUT2D eigenvalue weighted by Crippen LogP contribution is -2.37. The van der Waals surface area contributed by atoms with E-state index in [1.807, 2.05) is 53.4 Å². The highest BCUT2D eigenvalue weighted by Gasteiger charge is 2.36. The van der Waals surface area contributed by atoms with Gasteiger partial charge in [-0.1, -0.05) is 24.3 Å². The predicted molar refractivity (Wildman–Crippen MR) is 114 cm³/mol. The molecule has 3 amide bonds. The fourth-order valence-corrected chi connectivity index (χ4v) is 4.40. The highest BCUT2D eigenvalue weighted by molar-refractivity contribution is 6.03. The van der Waals surface area contributed by atoms with Gasteiger partial charge in [0.2, 0.25) is 17.7 Å². The third-order valence-corrected chi connectivity index (χ3v) is 6.29. The second kappa shape index (κ2) is 7.59. The van der Waals surface area contributed by atoms with Crippen LogP contribution in [0.4, 0.5) is 11.4 Å². The summed E-state index contributed by atoms with van der Waals surface area (Å²) in [6, 6.07) is 15.4. The summed E-state index contributed by atoms with van der Waals surface area (Å²) in [6.07, 6.45) is 3.09. The molecule has 1 unspecified atom stereocenters. The minimum Gasteiger partial charge on any atom is -0.338 e. The standard InChI is InChI=1S/C24H25N3O3/c28-22-13-19(15-27(22)21-4-2-1-3-5-21)23(29)25-20-9-8-16-10-11-26(14-18(16)12-20)24(30)17-6-7-17/h1-5,8-9,12,17,19H,6-7,10-11,13-15H2,(H,25,29). The van der Waals surface area contributed by atoms with Crippen molar-refractivity contribution < 1.29 is 14.4 Å². The second-order valence-electron chi connectivity index (χ2n) is 8.50. The Morgan fingerprint density at radius 2 is 1.77 bits per heavy atom. The molecule has 154 valence electrons. The molecule has 2 aliphatic heterocycles. The number of benzene rings is 2. The normalized spacial score (nSPS) is 20.8. The van der Waals surface area contributed by atoms with E-state index in [1.165, 1.54) is 5.56 Å². The highest BCUT2D eigenvalue weighted by atomic mass is 16.2. The van der Waals surface area contributed by atoms with Gasteiger partial charge >= 0.3 is 0 Å².